The van der Waals surface area contributed by atoms with Gasteiger partial charge < -0.3 is 10.8 Å². The minimum atomic E-state index is -0.756. The first-order chi connectivity index (χ1) is 6.54. The van der Waals surface area contributed by atoms with Crippen molar-refractivity contribution in [2.75, 3.05) is 0 Å². The summed E-state index contributed by atoms with van der Waals surface area (Å²) in [6.07, 6.45) is 0.599. The van der Waals surface area contributed by atoms with Crippen LogP contribution in [0.25, 0.3) is 0 Å². The Labute approximate surface area is 82.8 Å². The van der Waals surface area contributed by atoms with Crippen LogP contribution in [0, 0.1) is 11.9 Å². The van der Waals surface area contributed by atoms with Crippen molar-refractivity contribution in [3.8, 4) is 0 Å². The van der Waals surface area contributed by atoms with Gasteiger partial charge >= 0.3 is 0 Å². The highest BCUT2D eigenvalue weighted by Crippen LogP contribution is 2.20. The molecule has 3 N–H and O–H groups in total. The van der Waals surface area contributed by atoms with E-state index in [0.29, 0.717) is 0 Å². The van der Waals surface area contributed by atoms with Crippen LogP contribution in [0.1, 0.15) is 25.5 Å². The molecule has 78 valence electrons. The van der Waals surface area contributed by atoms with Gasteiger partial charge in [-0.15, -0.1) is 0 Å². The summed E-state index contributed by atoms with van der Waals surface area (Å²) in [5.41, 5.74) is 5.97. The number of aliphatic hydroxyl groups is 1. The highest BCUT2D eigenvalue weighted by molar-refractivity contribution is 5.16. The third kappa shape index (κ3) is 2.27. The molecule has 0 aliphatic carbocycles. The first-order valence-corrected chi connectivity index (χ1v) is 4.58. The number of aromatic nitrogens is 1. The maximum Gasteiger partial charge on any atom is 0.217 e. The Balaban J connectivity index is 2.89. The highest BCUT2D eigenvalue weighted by atomic mass is 19.1. The van der Waals surface area contributed by atoms with Gasteiger partial charge in [0.25, 0.3) is 0 Å². The second-order valence-electron chi connectivity index (χ2n) is 3.64. The minimum Gasteiger partial charge on any atom is -0.391 e. The summed E-state index contributed by atoms with van der Waals surface area (Å²) in [4.78, 5) is 3.48. The molecule has 0 saturated heterocycles. The number of hydrogen-bond acceptors (Lipinski definition) is 3. The molecule has 0 aliphatic rings. The van der Waals surface area contributed by atoms with Gasteiger partial charge in [-0.2, -0.15) is 4.39 Å². The van der Waals surface area contributed by atoms with E-state index in [9.17, 15) is 9.50 Å². The molecule has 0 saturated carbocycles. The summed E-state index contributed by atoms with van der Waals surface area (Å²) < 4.78 is 13.2. The van der Waals surface area contributed by atoms with Crippen LogP contribution in [0.3, 0.4) is 0 Å². The molecule has 2 unspecified atom stereocenters. The smallest absolute Gasteiger partial charge is 0.217 e. The van der Waals surface area contributed by atoms with Crippen LogP contribution in [0.2, 0.25) is 0 Å². The van der Waals surface area contributed by atoms with Crippen molar-refractivity contribution < 1.29 is 9.50 Å². The van der Waals surface area contributed by atoms with E-state index < -0.39 is 18.1 Å². The van der Waals surface area contributed by atoms with E-state index >= 15 is 0 Å². The van der Waals surface area contributed by atoms with Gasteiger partial charge in [-0.3, -0.25) is 0 Å². The Kier molecular flexibility index (Phi) is 3.55. The zero-order valence-electron chi connectivity index (χ0n) is 8.31. The normalized spacial score (nSPS) is 15.6. The number of rotatable bonds is 3. The molecule has 2 atom stereocenters. The van der Waals surface area contributed by atoms with Crippen LogP contribution in [0.5, 0.6) is 0 Å². The van der Waals surface area contributed by atoms with Gasteiger partial charge in [0.2, 0.25) is 5.95 Å². The quantitative estimate of drug-likeness (QED) is 0.718. The van der Waals surface area contributed by atoms with Crippen molar-refractivity contribution in [3.63, 3.8) is 0 Å². The fraction of sp³-hybridized carbons (Fsp3) is 0.500. The minimum absolute atomic E-state index is 0.00962. The summed E-state index contributed by atoms with van der Waals surface area (Å²) in [6, 6.07) is 2.42. The van der Waals surface area contributed by atoms with Crippen molar-refractivity contribution in [1.82, 2.24) is 4.98 Å². The molecule has 1 rings (SSSR count). The van der Waals surface area contributed by atoms with Crippen molar-refractivity contribution in [2.45, 2.75) is 26.0 Å². The summed E-state index contributed by atoms with van der Waals surface area (Å²) in [5.74, 6) is -0.621. The standard InChI is InChI=1S/C10H15FN2O/c1-6(2)9(14)8(12)7-4-3-5-13-10(7)11/h3-6,8-9,14H,12H2,1-2H3. The molecule has 0 radical (unpaired) electrons. The molecule has 0 aliphatic heterocycles. The summed E-state index contributed by atoms with van der Waals surface area (Å²) in [7, 11) is 0. The molecular weight excluding hydrogens is 183 g/mol. The molecular formula is C10H15FN2O. The lowest BCUT2D eigenvalue weighted by atomic mass is 9.95. The number of nitrogens with zero attached hydrogens (tertiary/aromatic N) is 1. The van der Waals surface area contributed by atoms with Crippen LogP contribution >= 0.6 is 0 Å². The van der Waals surface area contributed by atoms with Crippen LogP contribution < -0.4 is 5.73 Å². The average Bonchev–Trinajstić information content (AvgIpc) is 2.16. The van der Waals surface area contributed by atoms with E-state index in [0.717, 1.165) is 0 Å². The van der Waals surface area contributed by atoms with E-state index in [-0.39, 0.29) is 11.5 Å². The van der Waals surface area contributed by atoms with E-state index in [1.54, 1.807) is 12.1 Å². The maximum atomic E-state index is 13.2. The van der Waals surface area contributed by atoms with Gasteiger partial charge in [-0.05, 0) is 12.0 Å². The number of hydrogen-bond donors (Lipinski definition) is 2. The lowest BCUT2D eigenvalue weighted by Crippen LogP contribution is -2.31. The third-order valence-corrected chi connectivity index (χ3v) is 2.20. The summed E-state index contributed by atoms with van der Waals surface area (Å²) >= 11 is 0. The number of aliphatic hydroxyl groups excluding tert-OH is 1. The molecule has 0 fully saturated rings. The van der Waals surface area contributed by atoms with Crippen LogP contribution in [-0.2, 0) is 0 Å². The predicted molar refractivity (Wildman–Crippen MR) is 52.0 cm³/mol. The fourth-order valence-corrected chi connectivity index (χ4v) is 1.25. The molecule has 14 heavy (non-hydrogen) atoms. The number of nitrogens with two attached hydrogens (primary N) is 1. The molecule has 0 aromatic carbocycles. The Bertz CT molecular complexity index is 304. The fourth-order valence-electron chi connectivity index (χ4n) is 1.25. The van der Waals surface area contributed by atoms with Gasteiger partial charge in [0.15, 0.2) is 0 Å². The van der Waals surface area contributed by atoms with E-state index in [2.05, 4.69) is 4.98 Å². The Morgan fingerprint density at radius 3 is 2.64 bits per heavy atom. The van der Waals surface area contributed by atoms with Crippen molar-refractivity contribution in [1.29, 1.82) is 0 Å². The Morgan fingerprint density at radius 1 is 1.50 bits per heavy atom. The van der Waals surface area contributed by atoms with Crippen LogP contribution in [0.4, 0.5) is 4.39 Å². The molecule has 1 heterocycles. The third-order valence-electron chi connectivity index (χ3n) is 2.20. The maximum absolute atomic E-state index is 13.2. The summed E-state index contributed by atoms with van der Waals surface area (Å²) in [6.45, 7) is 3.66. The molecule has 3 nitrogen and oxygen atoms in total. The Hall–Kier alpha value is -1.00. The highest BCUT2D eigenvalue weighted by Gasteiger charge is 2.22. The van der Waals surface area contributed by atoms with Gasteiger partial charge in [0.05, 0.1) is 12.1 Å². The zero-order valence-corrected chi connectivity index (χ0v) is 8.31. The van der Waals surface area contributed by atoms with Crippen LogP contribution in [0.15, 0.2) is 18.3 Å². The van der Waals surface area contributed by atoms with Crippen LogP contribution in [-0.4, -0.2) is 16.2 Å². The summed E-state index contributed by atoms with van der Waals surface area (Å²) in [5, 5.41) is 9.65. The van der Waals surface area contributed by atoms with E-state index in [1.165, 1.54) is 6.20 Å². The second-order valence-corrected chi connectivity index (χ2v) is 3.64. The first kappa shape index (κ1) is 11.1. The largest absolute Gasteiger partial charge is 0.391 e. The lowest BCUT2D eigenvalue weighted by molar-refractivity contribution is 0.0963. The van der Waals surface area contributed by atoms with Gasteiger partial charge in [0.1, 0.15) is 0 Å². The number of halogens is 1. The zero-order chi connectivity index (χ0) is 10.7. The van der Waals surface area contributed by atoms with Gasteiger partial charge in [-0.1, -0.05) is 19.9 Å². The number of pyridine rings is 1. The second kappa shape index (κ2) is 4.48. The SMILES string of the molecule is CC(C)C(O)C(N)c1cccnc1F. The Morgan fingerprint density at radius 2 is 2.14 bits per heavy atom. The average molecular weight is 198 g/mol. The topological polar surface area (TPSA) is 59.1 Å². The molecule has 0 bridgehead atoms. The van der Waals surface area contributed by atoms with Crippen molar-refractivity contribution in [3.05, 3.63) is 29.8 Å². The molecule has 1 aromatic heterocycles. The van der Waals surface area contributed by atoms with E-state index in [4.69, 9.17) is 5.73 Å². The lowest BCUT2D eigenvalue weighted by Gasteiger charge is -2.22. The van der Waals surface area contributed by atoms with Gasteiger partial charge in [-0.25, -0.2) is 4.98 Å². The molecule has 0 spiro atoms. The predicted octanol–water partition coefficient (Wildman–Crippen LogP) is 1.24. The van der Waals surface area contributed by atoms with Crippen molar-refractivity contribution >= 4 is 0 Å². The van der Waals surface area contributed by atoms with Gasteiger partial charge in [0, 0.05) is 11.8 Å². The molecule has 0 amide bonds. The van der Waals surface area contributed by atoms with E-state index in [1.807, 2.05) is 13.8 Å². The first-order valence-electron chi connectivity index (χ1n) is 4.58. The molecule has 4 heteroatoms. The monoisotopic (exact) mass is 198 g/mol. The van der Waals surface area contributed by atoms with Crippen molar-refractivity contribution in [2.24, 2.45) is 11.7 Å². The molecule has 1 aromatic rings.